The summed E-state index contributed by atoms with van der Waals surface area (Å²) in [6.45, 7) is 2.74. The summed E-state index contributed by atoms with van der Waals surface area (Å²) in [4.78, 5) is 15.5. The average Bonchev–Trinajstić information content (AvgIpc) is 3.09. The molecule has 130 valence electrons. The largest absolute Gasteiger partial charge is 0.385 e. The Balaban J connectivity index is 1.93. The second-order valence-corrected chi connectivity index (χ2v) is 6.51. The first-order chi connectivity index (χ1) is 11.7. The second-order valence-electron chi connectivity index (χ2n) is 5.48. The number of rotatable bonds is 10. The van der Waals surface area contributed by atoms with Crippen LogP contribution >= 0.6 is 11.3 Å². The summed E-state index contributed by atoms with van der Waals surface area (Å²) in [6, 6.07) is 10.3. The predicted octanol–water partition coefficient (Wildman–Crippen LogP) is 3.04. The van der Waals surface area contributed by atoms with Gasteiger partial charge in [0.25, 0.3) is 0 Å². The molecule has 0 aliphatic heterocycles. The summed E-state index contributed by atoms with van der Waals surface area (Å²) in [7, 11) is 1.66. The lowest BCUT2D eigenvalue weighted by molar-refractivity contribution is -0.131. The van der Waals surface area contributed by atoms with Crippen LogP contribution in [0.3, 0.4) is 0 Å². The van der Waals surface area contributed by atoms with Crippen molar-refractivity contribution in [1.29, 1.82) is 0 Å². The number of amides is 1. The zero-order valence-corrected chi connectivity index (χ0v) is 14.7. The van der Waals surface area contributed by atoms with E-state index in [1.54, 1.807) is 35.5 Å². The van der Waals surface area contributed by atoms with Gasteiger partial charge in [0.2, 0.25) is 5.91 Å². The van der Waals surface area contributed by atoms with E-state index < -0.39 is 0 Å². The Kier molecular flexibility index (Phi) is 7.88. The van der Waals surface area contributed by atoms with Crippen LogP contribution in [-0.2, 0) is 22.6 Å². The lowest BCUT2D eigenvalue weighted by atomic mass is 10.2. The third-order valence-electron chi connectivity index (χ3n) is 3.54. The van der Waals surface area contributed by atoms with Crippen LogP contribution in [-0.4, -0.2) is 37.6 Å². The number of nitrogens with zero attached hydrogens (tertiary/aromatic N) is 1. The standard InChI is InChI=1S/C18H23FN2O2S/c1-23-10-3-9-20-12-18(22)21(14-17-4-2-11-24-17)13-15-5-7-16(19)8-6-15/h2,4-8,11,20H,3,9-10,12-14H2,1H3. The third kappa shape index (κ3) is 6.39. The highest BCUT2D eigenvalue weighted by atomic mass is 32.1. The maximum atomic E-state index is 13.1. The minimum Gasteiger partial charge on any atom is -0.385 e. The highest BCUT2D eigenvalue weighted by molar-refractivity contribution is 7.09. The predicted molar refractivity (Wildman–Crippen MR) is 94.3 cm³/mol. The maximum Gasteiger partial charge on any atom is 0.237 e. The normalized spacial score (nSPS) is 10.8. The Labute approximate surface area is 146 Å². The number of thiophene rings is 1. The number of carbonyl (C=O) groups excluding carboxylic acids is 1. The van der Waals surface area contributed by atoms with E-state index in [4.69, 9.17) is 4.74 Å². The van der Waals surface area contributed by atoms with Crippen molar-refractivity contribution in [2.75, 3.05) is 26.8 Å². The summed E-state index contributed by atoms with van der Waals surface area (Å²) < 4.78 is 18.0. The van der Waals surface area contributed by atoms with E-state index >= 15 is 0 Å². The first kappa shape index (κ1) is 18.6. The van der Waals surface area contributed by atoms with Crippen molar-refractivity contribution in [2.45, 2.75) is 19.5 Å². The molecule has 1 N–H and O–H groups in total. The van der Waals surface area contributed by atoms with E-state index in [0.29, 0.717) is 19.7 Å². The minimum atomic E-state index is -0.269. The zero-order chi connectivity index (χ0) is 17.2. The van der Waals surface area contributed by atoms with Gasteiger partial charge in [0.1, 0.15) is 5.82 Å². The van der Waals surface area contributed by atoms with Crippen molar-refractivity contribution >= 4 is 17.2 Å². The van der Waals surface area contributed by atoms with Gasteiger partial charge in [-0.15, -0.1) is 11.3 Å². The molecule has 0 fully saturated rings. The summed E-state index contributed by atoms with van der Waals surface area (Å²) in [5.74, 6) is -0.236. The molecule has 0 unspecified atom stereocenters. The Morgan fingerprint density at radius 2 is 2.04 bits per heavy atom. The van der Waals surface area contributed by atoms with Gasteiger partial charge in [-0.2, -0.15) is 0 Å². The van der Waals surface area contributed by atoms with Crippen molar-refractivity contribution < 1.29 is 13.9 Å². The maximum absolute atomic E-state index is 13.1. The molecular weight excluding hydrogens is 327 g/mol. The van der Waals surface area contributed by atoms with Crippen molar-refractivity contribution in [3.63, 3.8) is 0 Å². The van der Waals surface area contributed by atoms with E-state index in [1.807, 2.05) is 17.5 Å². The second kappa shape index (κ2) is 10.2. The van der Waals surface area contributed by atoms with E-state index in [2.05, 4.69) is 5.32 Å². The molecule has 0 aliphatic rings. The first-order valence-corrected chi connectivity index (χ1v) is 8.81. The Bertz CT molecular complexity index is 602. The first-order valence-electron chi connectivity index (χ1n) is 7.93. The van der Waals surface area contributed by atoms with Crippen LogP contribution in [0.2, 0.25) is 0 Å². The van der Waals surface area contributed by atoms with Crippen molar-refractivity contribution in [3.8, 4) is 0 Å². The topological polar surface area (TPSA) is 41.6 Å². The molecular formula is C18H23FN2O2S. The van der Waals surface area contributed by atoms with Gasteiger partial charge in [-0.3, -0.25) is 4.79 Å². The molecule has 2 rings (SSSR count). The zero-order valence-electron chi connectivity index (χ0n) is 13.8. The van der Waals surface area contributed by atoms with Gasteiger partial charge in [-0.1, -0.05) is 18.2 Å². The number of benzene rings is 1. The molecule has 1 aromatic carbocycles. The minimum absolute atomic E-state index is 0.0325. The Morgan fingerprint density at radius 1 is 1.25 bits per heavy atom. The van der Waals surface area contributed by atoms with Crippen molar-refractivity contribution in [3.05, 3.63) is 58.0 Å². The lowest BCUT2D eigenvalue weighted by Gasteiger charge is -2.22. The summed E-state index contributed by atoms with van der Waals surface area (Å²) in [5, 5.41) is 5.15. The average molecular weight is 350 g/mol. The fraction of sp³-hybridized carbons (Fsp3) is 0.389. The van der Waals surface area contributed by atoms with Crippen molar-refractivity contribution in [2.24, 2.45) is 0 Å². The van der Waals surface area contributed by atoms with Gasteiger partial charge in [0.05, 0.1) is 13.1 Å². The highest BCUT2D eigenvalue weighted by Crippen LogP contribution is 2.15. The van der Waals surface area contributed by atoms with Gasteiger partial charge < -0.3 is 15.0 Å². The Hall–Kier alpha value is -1.76. The van der Waals surface area contributed by atoms with Gasteiger partial charge in [0.15, 0.2) is 0 Å². The summed E-state index contributed by atoms with van der Waals surface area (Å²) in [5.41, 5.74) is 0.917. The number of hydrogen-bond donors (Lipinski definition) is 1. The molecule has 24 heavy (non-hydrogen) atoms. The fourth-order valence-electron chi connectivity index (χ4n) is 2.28. The van der Waals surface area contributed by atoms with E-state index in [9.17, 15) is 9.18 Å². The van der Waals surface area contributed by atoms with Crippen molar-refractivity contribution in [1.82, 2.24) is 10.2 Å². The fourth-order valence-corrected chi connectivity index (χ4v) is 3.00. The van der Waals surface area contributed by atoms with Crippen LogP contribution in [0.15, 0.2) is 41.8 Å². The molecule has 0 aliphatic carbocycles. The third-order valence-corrected chi connectivity index (χ3v) is 4.41. The van der Waals surface area contributed by atoms with Crippen LogP contribution in [0.25, 0.3) is 0 Å². The molecule has 4 nitrogen and oxygen atoms in total. The molecule has 0 spiro atoms. The molecule has 0 saturated heterocycles. The molecule has 1 aromatic heterocycles. The Morgan fingerprint density at radius 3 is 2.71 bits per heavy atom. The van der Waals surface area contributed by atoms with E-state index in [-0.39, 0.29) is 18.3 Å². The van der Waals surface area contributed by atoms with Crippen LogP contribution in [0.4, 0.5) is 4.39 Å². The summed E-state index contributed by atoms with van der Waals surface area (Å²) >= 11 is 1.63. The van der Waals surface area contributed by atoms with Crippen LogP contribution in [0.5, 0.6) is 0 Å². The number of halogens is 1. The van der Waals surface area contributed by atoms with Crippen LogP contribution in [0.1, 0.15) is 16.9 Å². The van der Waals surface area contributed by atoms with Gasteiger partial charge in [-0.25, -0.2) is 4.39 Å². The number of nitrogens with one attached hydrogen (secondary N) is 1. The highest BCUT2D eigenvalue weighted by Gasteiger charge is 2.15. The quantitative estimate of drug-likeness (QED) is 0.670. The molecule has 0 radical (unpaired) electrons. The van der Waals surface area contributed by atoms with Gasteiger partial charge >= 0.3 is 0 Å². The SMILES string of the molecule is COCCCNCC(=O)N(Cc1ccc(F)cc1)Cc1cccs1. The molecule has 1 heterocycles. The molecule has 1 amide bonds. The van der Waals surface area contributed by atoms with Gasteiger partial charge in [-0.05, 0) is 42.1 Å². The molecule has 6 heteroatoms. The molecule has 0 bridgehead atoms. The number of carbonyl (C=O) groups is 1. The monoisotopic (exact) mass is 350 g/mol. The van der Waals surface area contributed by atoms with Gasteiger partial charge in [0, 0.05) is 25.1 Å². The lowest BCUT2D eigenvalue weighted by Crippen LogP contribution is -2.37. The molecule has 2 aromatic rings. The smallest absolute Gasteiger partial charge is 0.237 e. The molecule has 0 atom stereocenters. The molecule has 0 saturated carbocycles. The van der Waals surface area contributed by atoms with Crippen LogP contribution < -0.4 is 5.32 Å². The van der Waals surface area contributed by atoms with E-state index in [1.165, 1.54) is 12.1 Å². The summed E-state index contributed by atoms with van der Waals surface area (Å²) in [6.07, 6.45) is 0.868. The van der Waals surface area contributed by atoms with Crippen LogP contribution in [0, 0.1) is 5.82 Å². The number of methoxy groups -OCH3 is 1. The number of hydrogen-bond acceptors (Lipinski definition) is 4. The number of ether oxygens (including phenoxy) is 1. The van der Waals surface area contributed by atoms with E-state index in [0.717, 1.165) is 23.4 Å².